The molecule has 2 amide bonds. The van der Waals surface area contributed by atoms with Gasteiger partial charge in [0, 0.05) is 44.2 Å². The van der Waals surface area contributed by atoms with Crippen molar-refractivity contribution in [1.29, 1.82) is 0 Å². The summed E-state index contributed by atoms with van der Waals surface area (Å²) >= 11 is 0. The molecule has 2 aliphatic rings. The summed E-state index contributed by atoms with van der Waals surface area (Å²) in [6, 6.07) is 11.6. The molecule has 4 rings (SSSR count). The van der Waals surface area contributed by atoms with E-state index in [1.807, 2.05) is 41.3 Å². The molecule has 1 aliphatic heterocycles. The summed E-state index contributed by atoms with van der Waals surface area (Å²) in [5.74, 6) is 1.75. The molecular formula is C25H31N5O3. The minimum atomic E-state index is -0.00916. The van der Waals surface area contributed by atoms with Crippen LogP contribution in [0.4, 0.5) is 5.82 Å². The molecule has 0 N–H and O–H groups in total. The van der Waals surface area contributed by atoms with Crippen LogP contribution in [-0.4, -0.2) is 78.2 Å². The molecule has 2 heterocycles. The first-order valence-corrected chi connectivity index (χ1v) is 11.5. The Hall–Kier alpha value is -3.42. The first-order chi connectivity index (χ1) is 16.1. The molecule has 33 heavy (non-hydrogen) atoms. The molecule has 0 bridgehead atoms. The zero-order chi connectivity index (χ0) is 23.2. The Morgan fingerprint density at radius 1 is 1.09 bits per heavy atom. The fraction of sp³-hybridized carbons (Fsp3) is 0.440. The SMILES string of the molecule is C=CCN(CC(=O)N1CCN(c2ccc(-c3ccc(OC)cc3)nn2)CC1)C(=O)C1CCC1. The second-order valence-electron chi connectivity index (χ2n) is 8.51. The molecule has 1 aromatic carbocycles. The van der Waals surface area contributed by atoms with Crippen LogP contribution in [0.1, 0.15) is 19.3 Å². The number of benzene rings is 1. The number of carbonyl (C=O) groups is 2. The van der Waals surface area contributed by atoms with Gasteiger partial charge in [0.25, 0.3) is 0 Å². The second kappa shape index (κ2) is 10.5. The van der Waals surface area contributed by atoms with Crippen molar-refractivity contribution in [2.45, 2.75) is 19.3 Å². The van der Waals surface area contributed by atoms with Crippen LogP contribution in [0, 0.1) is 5.92 Å². The van der Waals surface area contributed by atoms with Crippen molar-refractivity contribution in [3.63, 3.8) is 0 Å². The van der Waals surface area contributed by atoms with Gasteiger partial charge >= 0.3 is 0 Å². The molecule has 174 valence electrons. The van der Waals surface area contributed by atoms with Gasteiger partial charge in [-0.25, -0.2) is 0 Å². The fourth-order valence-electron chi connectivity index (χ4n) is 4.16. The van der Waals surface area contributed by atoms with Crippen LogP contribution in [0.2, 0.25) is 0 Å². The smallest absolute Gasteiger partial charge is 0.242 e. The lowest BCUT2D eigenvalue weighted by atomic mass is 9.84. The molecule has 1 aromatic heterocycles. The summed E-state index contributed by atoms with van der Waals surface area (Å²) in [6.45, 7) is 6.83. The van der Waals surface area contributed by atoms with Crippen molar-refractivity contribution < 1.29 is 14.3 Å². The van der Waals surface area contributed by atoms with Crippen molar-refractivity contribution in [2.75, 3.05) is 51.3 Å². The van der Waals surface area contributed by atoms with Gasteiger partial charge in [-0.05, 0) is 49.2 Å². The van der Waals surface area contributed by atoms with E-state index in [-0.39, 0.29) is 24.3 Å². The fourth-order valence-corrected chi connectivity index (χ4v) is 4.16. The third-order valence-corrected chi connectivity index (χ3v) is 6.43. The predicted octanol–water partition coefficient (Wildman–Crippen LogP) is 2.62. The van der Waals surface area contributed by atoms with E-state index in [9.17, 15) is 9.59 Å². The van der Waals surface area contributed by atoms with E-state index >= 15 is 0 Å². The Kier molecular flexibility index (Phi) is 7.22. The molecule has 8 heteroatoms. The molecule has 2 aromatic rings. The normalized spacial score (nSPS) is 16.2. The van der Waals surface area contributed by atoms with E-state index in [4.69, 9.17) is 4.74 Å². The predicted molar refractivity (Wildman–Crippen MR) is 127 cm³/mol. The number of methoxy groups -OCH3 is 1. The highest BCUT2D eigenvalue weighted by Gasteiger charge is 2.31. The maximum absolute atomic E-state index is 12.8. The topological polar surface area (TPSA) is 78.9 Å². The van der Waals surface area contributed by atoms with Gasteiger partial charge in [0.1, 0.15) is 12.3 Å². The monoisotopic (exact) mass is 449 g/mol. The summed E-state index contributed by atoms with van der Waals surface area (Å²) in [4.78, 5) is 31.1. The number of amides is 2. The summed E-state index contributed by atoms with van der Waals surface area (Å²) in [6.07, 6.45) is 4.64. The maximum atomic E-state index is 12.8. The van der Waals surface area contributed by atoms with Crippen LogP contribution < -0.4 is 9.64 Å². The lowest BCUT2D eigenvalue weighted by Crippen LogP contribution is -2.52. The van der Waals surface area contributed by atoms with E-state index in [2.05, 4.69) is 21.7 Å². The third kappa shape index (κ3) is 5.32. The van der Waals surface area contributed by atoms with Gasteiger partial charge in [-0.1, -0.05) is 12.5 Å². The van der Waals surface area contributed by atoms with E-state index in [0.717, 1.165) is 42.1 Å². The molecule has 0 spiro atoms. The first-order valence-electron chi connectivity index (χ1n) is 11.5. The van der Waals surface area contributed by atoms with Gasteiger partial charge < -0.3 is 19.4 Å². The van der Waals surface area contributed by atoms with E-state index in [1.54, 1.807) is 18.1 Å². The molecule has 1 aliphatic carbocycles. The second-order valence-corrected chi connectivity index (χ2v) is 8.51. The highest BCUT2D eigenvalue weighted by atomic mass is 16.5. The Bertz CT molecular complexity index is 965. The minimum absolute atomic E-state index is 0.00916. The Balaban J connectivity index is 1.30. The summed E-state index contributed by atoms with van der Waals surface area (Å²) in [5.41, 5.74) is 1.78. The highest BCUT2D eigenvalue weighted by Crippen LogP contribution is 2.28. The Morgan fingerprint density at radius 2 is 1.82 bits per heavy atom. The average molecular weight is 450 g/mol. The van der Waals surface area contributed by atoms with Gasteiger partial charge in [-0.3, -0.25) is 9.59 Å². The van der Waals surface area contributed by atoms with E-state index < -0.39 is 0 Å². The van der Waals surface area contributed by atoms with Gasteiger partial charge in [0.2, 0.25) is 11.8 Å². The molecule has 1 saturated carbocycles. The quantitative estimate of drug-likeness (QED) is 0.577. The third-order valence-electron chi connectivity index (χ3n) is 6.43. The molecule has 0 unspecified atom stereocenters. The number of rotatable bonds is 8. The summed E-state index contributed by atoms with van der Waals surface area (Å²) in [5, 5.41) is 8.78. The lowest BCUT2D eigenvalue weighted by Gasteiger charge is -2.37. The first kappa shape index (κ1) is 22.8. The number of anilines is 1. The van der Waals surface area contributed by atoms with Crippen LogP contribution >= 0.6 is 0 Å². The molecular weight excluding hydrogens is 418 g/mol. The lowest BCUT2D eigenvalue weighted by molar-refractivity contribution is -0.144. The van der Waals surface area contributed by atoms with E-state index in [0.29, 0.717) is 32.7 Å². The minimum Gasteiger partial charge on any atom is -0.497 e. The van der Waals surface area contributed by atoms with Crippen LogP contribution in [0.25, 0.3) is 11.3 Å². The number of ether oxygens (including phenoxy) is 1. The maximum Gasteiger partial charge on any atom is 0.242 e. The van der Waals surface area contributed by atoms with Crippen LogP contribution in [0.15, 0.2) is 49.1 Å². The highest BCUT2D eigenvalue weighted by molar-refractivity contribution is 5.86. The molecule has 8 nitrogen and oxygen atoms in total. The van der Waals surface area contributed by atoms with Crippen molar-refractivity contribution >= 4 is 17.6 Å². The van der Waals surface area contributed by atoms with Crippen LogP contribution in [0.5, 0.6) is 5.75 Å². The molecule has 1 saturated heterocycles. The standard InChI is InChI=1S/C25H31N5O3/c1-3-13-30(25(32)20-5-4-6-20)18-24(31)29-16-14-28(15-17-29)23-12-11-22(26-27-23)19-7-9-21(33-2)10-8-19/h3,7-12,20H,1,4-6,13-18H2,2H3. The number of hydrogen-bond donors (Lipinski definition) is 0. The van der Waals surface area contributed by atoms with Gasteiger partial charge in [0.05, 0.1) is 12.8 Å². The van der Waals surface area contributed by atoms with Gasteiger partial charge in [0.15, 0.2) is 5.82 Å². The number of hydrogen-bond acceptors (Lipinski definition) is 6. The van der Waals surface area contributed by atoms with Gasteiger partial charge in [-0.15, -0.1) is 16.8 Å². The molecule has 0 radical (unpaired) electrons. The Labute approximate surface area is 194 Å². The number of aromatic nitrogens is 2. The van der Waals surface area contributed by atoms with E-state index in [1.165, 1.54) is 0 Å². The summed E-state index contributed by atoms with van der Waals surface area (Å²) < 4.78 is 5.20. The molecule has 2 fully saturated rings. The van der Waals surface area contributed by atoms with Gasteiger partial charge in [-0.2, -0.15) is 0 Å². The van der Waals surface area contributed by atoms with Crippen molar-refractivity contribution in [3.05, 3.63) is 49.1 Å². The zero-order valence-electron chi connectivity index (χ0n) is 19.2. The van der Waals surface area contributed by atoms with Crippen LogP contribution in [-0.2, 0) is 9.59 Å². The number of piperazine rings is 1. The van der Waals surface area contributed by atoms with Crippen LogP contribution in [0.3, 0.4) is 0 Å². The largest absolute Gasteiger partial charge is 0.497 e. The zero-order valence-corrected chi connectivity index (χ0v) is 19.2. The number of carbonyl (C=O) groups excluding carboxylic acids is 2. The molecule has 0 atom stereocenters. The van der Waals surface area contributed by atoms with Crippen molar-refractivity contribution in [1.82, 2.24) is 20.0 Å². The number of nitrogens with zero attached hydrogens (tertiary/aromatic N) is 5. The summed E-state index contributed by atoms with van der Waals surface area (Å²) in [7, 11) is 1.64. The average Bonchev–Trinajstić information content (AvgIpc) is 2.83. The Morgan fingerprint density at radius 3 is 2.36 bits per heavy atom. The van der Waals surface area contributed by atoms with Crippen molar-refractivity contribution in [3.8, 4) is 17.0 Å². The van der Waals surface area contributed by atoms with Crippen molar-refractivity contribution in [2.24, 2.45) is 5.92 Å².